The topological polar surface area (TPSA) is 47.6 Å². The SMILES string of the molecule is O=C(COc1cccc(F)c1)NC1COc2ccccc21. The second kappa shape index (κ2) is 5.83. The predicted octanol–water partition coefficient (Wildman–Crippen LogP) is 2.45. The lowest BCUT2D eigenvalue weighted by Crippen LogP contribution is -2.33. The third-order valence-electron chi connectivity index (χ3n) is 3.20. The molecule has 1 N–H and O–H groups in total. The molecule has 1 aliphatic heterocycles. The maximum absolute atomic E-state index is 13.0. The molecule has 2 aromatic rings. The number of ether oxygens (including phenoxy) is 2. The molecule has 2 aromatic carbocycles. The van der Waals surface area contributed by atoms with Gasteiger partial charge in [-0.15, -0.1) is 0 Å². The van der Waals surface area contributed by atoms with Gasteiger partial charge in [-0.25, -0.2) is 4.39 Å². The van der Waals surface area contributed by atoms with Gasteiger partial charge in [0.1, 0.15) is 23.9 Å². The van der Waals surface area contributed by atoms with Crippen LogP contribution in [0.1, 0.15) is 11.6 Å². The fourth-order valence-corrected chi connectivity index (χ4v) is 2.22. The number of fused-ring (bicyclic) bond motifs is 1. The quantitative estimate of drug-likeness (QED) is 0.939. The van der Waals surface area contributed by atoms with E-state index in [2.05, 4.69) is 5.32 Å². The summed E-state index contributed by atoms with van der Waals surface area (Å²) in [6.07, 6.45) is 0. The number of hydrogen-bond acceptors (Lipinski definition) is 3. The van der Waals surface area contributed by atoms with Crippen LogP contribution in [0.5, 0.6) is 11.5 Å². The molecule has 0 fully saturated rings. The molecule has 1 atom stereocenters. The second-order valence-corrected chi connectivity index (χ2v) is 4.71. The molecule has 1 heterocycles. The summed E-state index contributed by atoms with van der Waals surface area (Å²) in [5, 5.41) is 2.84. The summed E-state index contributed by atoms with van der Waals surface area (Å²) in [7, 11) is 0. The molecule has 0 aromatic heterocycles. The number of rotatable bonds is 4. The van der Waals surface area contributed by atoms with Crippen LogP contribution in [0.15, 0.2) is 48.5 Å². The Morgan fingerprint density at radius 1 is 1.29 bits per heavy atom. The van der Waals surface area contributed by atoms with Gasteiger partial charge in [-0.1, -0.05) is 24.3 Å². The second-order valence-electron chi connectivity index (χ2n) is 4.71. The van der Waals surface area contributed by atoms with Crippen molar-refractivity contribution < 1.29 is 18.7 Å². The number of carbonyl (C=O) groups excluding carboxylic acids is 1. The normalized spacial score (nSPS) is 16.0. The van der Waals surface area contributed by atoms with Gasteiger partial charge in [0.15, 0.2) is 6.61 Å². The molecule has 108 valence electrons. The molecule has 1 unspecified atom stereocenters. The molecular weight excluding hydrogens is 273 g/mol. The molecule has 3 rings (SSSR count). The van der Waals surface area contributed by atoms with E-state index in [-0.39, 0.29) is 18.6 Å². The first-order valence-electron chi connectivity index (χ1n) is 6.62. The number of para-hydroxylation sites is 1. The van der Waals surface area contributed by atoms with Gasteiger partial charge in [-0.2, -0.15) is 0 Å². The fraction of sp³-hybridized carbons (Fsp3) is 0.188. The van der Waals surface area contributed by atoms with Crippen LogP contribution in [0.2, 0.25) is 0 Å². The van der Waals surface area contributed by atoms with Crippen molar-refractivity contribution >= 4 is 5.91 Å². The van der Waals surface area contributed by atoms with Gasteiger partial charge in [0.25, 0.3) is 5.91 Å². The Bertz CT molecular complexity index is 659. The maximum atomic E-state index is 13.0. The predicted molar refractivity (Wildman–Crippen MR) is 74.7 cm³/mol. The Morgan fingerprint density at radius 2 is 2.14 bits per heavy atom. The van der Waals surface area contributed by atoms with Crippen molar-refractivity contribution in [3.8, 4) is 11.5 Å². The smallest absolute Gasteiger partial charge is 0.258 e. The van der Waals surface area contributed by atoms with Crippen LogP contribution in [0.25, 0.3) is 0 Å². The van der Waals surface area contributed by atoms with Gasteiger partial charge in [0.05, 0.1) is 6.04 Å². The van der Waals surface area contributed by atoms with Crippen molar-refractivity contribution in [3.05, 3.63) is 59.9 Å². The van der Waals surface area contributed by atoms with Crippen molar-refractivity contribution in [3.63, 3.8) is 0 Å². The number of carbonyl (C=O) groups is 1. The van der Waals surface area contributed by atoms with Crippen molar-refractivity contribution in [2.75, 3.05) is 13.2 Å². The van der Waals surface area contributed by atoms with Gasteiger partial charge in [0, 0.05) is 11.6 Å². The zero-order chi connectivity index (χ0) is 14.7. The van der Waals surface area contributed by atoms with E-state index in [1.807, 2.05) is 24.3 Å². The number of amides is 1. The summed E-state index contributed by atoms with van der Waals surface area (Å²) in [4.78, 5) is 11.9. The van der Waals surface area contributed by atoms with E-state index in [1.165, 1.54) is 18.2 Å². The minimum absolute atomic E-state index is 0.165. The van der Waals surface area contributed by atoms with E-state index < -0.39 is 5.82 Å². The largest absolute Gasteiger partial charge is 0.491 e. The Hall–Kier alpha value is -2.56. The molecule has 4 nitrogen and oxygen atoms in total. The van der Waals surface area contributed by atoms with Crippen LogP contribution in [-0.2, 0) is 4.79 Å². The minimum Gasteiger partial charge on any atom is -0.491 e. The monoisotopic (exact) mass is 287 g/mol. The highest BCUT2D eigenvalue weighted by Crippen LogP contribution is 2.31. The highest BCUT2D eigenvalue weighted by atomic mass is 19.1. The van der Waals surface area contributed by atoms with E-state index in [0.717, 1.165) is 11.3 Å². The molecule has 0 bridgehead atoms. The van der Waals surface area contributed by atoms with Crippen LogP contribution in [-0.4, -0.2) is 19.1 Å². The number of hydrogen-bond donors (Lipinski definition) is 1. The lowest BCUT2D eigenvalue weighted by atomic mass is 10.1. The van der Waals surface area contributed by atoms with Crippen molar-refractivity contribution in [2.45, 2.75) is 6.04 Å². The average molecular weight is 287 g/mol. The van der Waals surface area contributed by atoms with E-state index in [4.69, 9.17) is 9.47 Å². The lowest BCUT2D eigenvalue weighted by molar-refractivity contribution is -0.123. The molecule has 0 saturated heterocycles. The summed E-state index contributed by atoms with van der Waals surface area (Å²) in [5.74, 6) is 0.442. The lowest BCUT2D eigenvalue weighted by Gasteiger charge is -2.12. The summed E-state index contributed by atoms with van der Waals surface area (Å²) < 4.78 is 23.7. The molecular formula is C16H14FNO3. The van der Waals surface area contributed by atoms with E-state index in [9.17, 15) is 9.18 Å². The first kappa shape index (κ1) is 13.4. The molecule has 0 spiro atoms. The number of nitrogens with one attached hydrogen (secondary N) is 1. The van der Waals surface area contributed by atoms with Crippen LogP contribution in [0, 0.1) is 5.82 Å². The third kappa shape index (κ3) is 3.13. The van der Waals surface area contributed by atoms with Crippen molar-refractivity contribution in [2.24, 2.45) is 0 Å². The van der Waals surface area contributed by atoms with Crippen LogP contribution < -0.4 is 14.8 Å². The fourth-order valence-electron chi connectivity index (χ4n) is 2.22. The molecule has 0 aliphatic carbocycles. The molecule has 1 amide bonds. The zero-order valence-electron chi connectivity index (χ0n) is 11.2. The minimum atomic E-state index is -0.397. The van der Waals surface area contributed by atoms with Crippen LogP contribution >= 0.6 is 0 Å². The van der Waals surface area contributed by atoms with E-state index >= 15 is 0 Å². The maximum Gasteiger partial charge on any atom is 0.258 e. The Labute approximate surface area is 121 Å². The van der Waals surface area contributed by atoms with Gasteiger partial charge >= 0.3 is 0 Å². The first-order valence-corrected chi connectivity index (χ1v) is 6.62. The third-order valence-corrected chi connectivity index (χ3v) is 3.20. The highest BCUT2D eigenvalue weighted by molar-refractivity contribution is 5.78. The average Bonchev–Trinajstić information content (AvgIpc) is 2.89. The molecule has 21 heavy (non-hydrogen) atoms. The number of benzene rings is 2. The van der Waals surface area contributed by atoms with Gasteiger partial charge < -0.3 is 14.8 Å². The Balaban J connectivity index is 1.56. The summed E-state index contributed by atoms with van der Waals surface area (Å²) in [5.41, 5.74) is 0.955. The molecule has 5 heteroatoms. The molecule has 0 saturated carbocycles. The van der Waals surface area contributed by atoms with E-state index in [0.29, 0.717) is 12.4 Å². The standard InChI is InChI=1S/C16H14FNO3/c17-11-4-3-5-12(8-11)20-10-16(19)18-14-9-21-15-7-2-1-6-13(14)15/h1-8,14H,9-10H2,(H,18,19). The molecule has 0 radical (unpaired) electrons. The van der Waals surface area contributed by atoms with Gasteiger partial charge in [-0.3, -0.25) is 4.79 Å². The Morgan fingerprint density at radius 3 is 3.00 bits per heavy atom. The molecule has 1 aliphatic rings. The van der Waals surface area contributed by atoms with Crippen LogP contribution in [0.3, 0.4) is 0 Å². The van der Waals surface area contributed by atoms with Crippen LogP contribution in [0.4, 0.5) is 4.39 Å². The first-order chi connectivity index (χ1) is 10.2. The van der Waals surface area contributed by atoms with Crippen molar-refractivity contribution in [1.29, 1.82) is 0 Å². The van der Waals surface area contributed by atoms with Gasteiger partial charge in [-0.05, 0) is 18.2 Å². The van der Waals surface area contributed by atoms with E-state index in [1.54, 1.807) is 6.07 Å². The van der Waals surface area contributed by atoms with Gasteiger partial charge in [0.2, 0.25) is 0 Å². The Kier molecular flexibility index (Phi) is 3.73. The zero-order valence-corrected chi connectivity index (χ0v) is 11.2. The summed E-state index contributed by atoms with van der Waals surface area (Å²) in [6, 6.07) is 13.1. The number of halogens is 1. The summed E-state index contributed by atoms with van der Waals surface area (Å²) in [6.45, 7) is 0.243. The summed E-state index contributed by atoms with van der Waals surface area (Å²) >= 11 is 0. The highest BCUT2D eigenvalue weighted by Gasteiger charge is 2.24. The van der Waals surface area contributed by atoms with Crippen molar-refractivity contribution in [1.82, 2.24) is 5.32 Å².